The summed E-state index contributed by atoms with van der Waals surface area (Å²) in [6.07, 6.45) is 6.98. The minimum absolute atomic E-state index is 0.176. The van der Waals surface area contributed by atoms with Crippen LogP contribution in [0.5, 0.6) is 0 Å². The number of hydrogen-bond donors (Lipinski definition) is 1. The number of imidazole rings is 1. The molecule has 1 unspecified atom stereocenters. The van der Waals surface area contributed by atoms with E-state index in [-0.39, 0.29) is 11.8 Å². The lowest BCUT2D eigenvalue weighted by molar-refractivity contribution is -0.135. The van der Waals surface area contributed by atoms with Gasteiger partial charge in [-0.3, -0.25) is 4.79 Å². The summed E-state index contributed by atoms with van der Waals surface area (Å²) in [4.78, 5) is 20.1. The summed E-state index contributed by atoms with van der Waals surface area (Å²) in [5, 5.41) is 9.01. The first-order chi connectivity index (χ1) is 10.1. The number of aryl methyl sites for hydroxylation is 1. The second kappa shape index (κ2) is 7.56. The maximum absolute atomic E-state index is 11.7. The first-order valence-corrected chi connectivity index (χ1v) is 7.66. The molecule has 1 aliphatic heterocycles. The molecule has 1 atom stereocenters. The number of piperidine rings is 1. The molecule has 1 aliphatic rings. The van der Waals surface area contributed by atoms with E-state index >= 15 is 0 Å². The minimum Gasteiger partial charge on any atom is -0.387 e. The lowest BCUT2D eigenvalue weighted by Crippen LogP contribution is -2.41. The average molecular weight is 294 g/mol. The Morgan fingerprint density at radius 1 is 1.52 bits per heavy atom. The number of nitrogens with zero attached hydrogens (tertiary/aromatic N) is 4. The number of likely N-dealkylation sites (tertiary alicyclic amines) is 1. The zero-order valence-corrected chi connectivity index (χ0v) is 13.0. The number of aliphatic hydroxyl groups excluding tert-OH is 1. The molecule has 0 radical (unpaired) electrons. The van der Waals surface area contributed by atoms with Crippen molar-refractivity contribution in [1.29, 1.82) is 0 Å². The summed E-state index contributed by atoms with van der Waals surface area (Å²) in [5.41, 5.74) is 0. The van der Waals surface area contributed by atoms with Crippen molar-refractivity contribution in [2.45, 2.75) is 31.7 Å². The fourth-order valence-corrected chi connectivity index (χ4v) is 2.94. The quantitative estimate of drug-likeness (QED) is 0.831. The van der Waals surface area contributed by atoms with Gasteiger partial charge in [-0.05, 0) is 39.9 Å². The van der Waals surface area contributed by atoms with Gasteiger partial charge in [0.1, 0.15) is 12.4 Å². The molecular formula is C15H26N4O2. The van der Waals surface area contributed by atoms with E-state index < -0.39 is 6.61 Å². The zero-order valence-electron chi connectivity index (χ0n) is 13.0. The molecule has 6 heteroatoms. The van der Waals surface area contributed by atoms with Gasteiger partial charge in [0.2, 0.25) is 5.91 Å². The van der Waals surface area contributed by atoms with Crippen molar-refractivity contribution in [1.82, 2.24) is 19.4 Å². The van der Waals surface area contributed by atoms with Crippen LogP contribution in [0.3, 0.4) is 0 Å². The molecule has 2 heterocycles. The van der Waals surface area contributed by atoms with E-state index in [0.29, 0.717) is 6.54 Å². The van der Waals surface area contributed by atoms with E-state index in [2.05, 4.69) is 28.5 Å². The third-order valence-corrected chi connectivity index (χ3v) is 4.03. The Bertz CT molecular complexity index is 458. The summed E-state index contributed by atoms with van der Waals surface area (Å²) in [6, 6.07) is 0. The summed E-state index contributed by atoms with van der Waals surface area (Å²) < 4.78 is 2.21. The molecule has 21 heavy (non-hydrogen) atoms. The van der Waals surface area contributed by atoms with Gasteiger partial charge in [-0.15, -0.1) is 0 Å². The van der Waals surface area contributed by atoms with Crippen LogP contribution in [0.2, 0.25) is 0 Å². The van der Waals surface area contributed by atoms with Crippen LogP contribution < -0.4 is 0 Å². The molecule has 1 N–H and O–H groups in total. The molecule has 1 aromatic heterocycles. The third kappa shape index (κ3) is 4.28. The maximum atomic E-state index is 11.7. The Hall–Kier alpha value is -1.40. The summed E-state index contributed by atoms with van der Waals surface area (Å²) in [5.74, 6) is 1.18. The number of hydrogen-bond acceptors (Lipinski definition) is 4. The van der Waals surface area contributed by atoms with Crippen molar-refractivity contribution in [3.63, 3.8) is 0 Å². The van der Waals surface area contributed by atoms with Crippen LogP contribution in [0, 0.1) is 0 Å². The maximum Gasteiger partial charge on any atom is 0.248 e. The SMILES string of the molecule is CN(C)CCCn1ccnc1C1CCCN(C(=O)CO)C1. The number of rotatable bonds is 6. The van der Waals surface area contributed by atoms with Crippen LogP contribution in [-0.2, 0) is 11.3 Å². The number of carbonyl (C=O) groups is 1. The second-order valence-electron chi connectivity index (χ2n) is 5.97. The molecule has 118 valence electrons. The zero-order chi connectivity index (χ0) is 15.2. The Balaban J connectivity index is 1.97. The second-order valence-corrected chi connectivity index (χ2v) is 5.97. The van der Waals surface area contributed by atoms with E-state index in [9.17, 15) is 4.79 Å². The molecular weight excluding hydrogens is 268 g/mol. The Morgan fingerprint density at radius 3 is 3.05 bits per heavy atom. The van der Waals surface area contributed by atoms with Gasteiger partial charge in [0.05, 0.1) is 0 Å². The molecule has 1 amide bonds. The molecule has 0 aromatic carbocycles. The van der Waals surface area contributed by atoms with E-state index in [1.165, 1.54) is 0 Å². The van der Waals surface area contributed by atoms with Crippen molar-refractivity contribution >= 4 is 5.91 Å². The number of aliphatic hydroxyl groups is 1. The highest BCUT2D eigenvalue weighted by Gasteiger charge is 2.26. The van der Waals surface area contributed by atoms with Crippen molar-refractivity contribution in [2.24, 2.45) is 0 Å². The summed E-state index contributed by atoms with van der Waals surface area (Å²) >= 11 is 0. The predicted octanol–water partition coefficient (Wildman–Crippen LogP) is 0.533. The highest BCUT2D eigenvalue weighted by atomic mass is 16.3. The molecule has 1 aromatic rings. The van der Waals surface area contributed by atoms with E-state index in [1.54, 1.807) is 4.90 Å². The number of aromatic nitrogens is 2. The lowest BCUT2D eigenvalue weighted by atomic mass is 9.97. The first-order valence-electron chi connectivity index (χ1n) is 7.66. The molecule has 0 saturated carbocycles. The molecule has 6 nitrogen and oxygen atoms in total. The Kier molecular flexibility index (Phi) is 5.76. The molecule has 0 bridgehead atoms. The smallest absolute Gasteiger partial charge is 0.248 e. The normalized spacial score (nSPS) is 19.2. The molecule has 1 saturated heterocycles. The van der Waals surface area contributed by atoms with Crippen molar-refractivity contribution in [3.8, 4) is 0 Å². The third-order valence-electron chi connectivity index (χ3n) is 4.03. The molecule has 0 aliphatic carbocycles. The Morgan fingerprint density at radius 2 is 2.33 bits per heavy atom. The van der Waals surface area contributed by atoms with Gasteiger partial charge >= 0.3 is 0 Å². The van der Waals surface area contributed by atoms with Crippen LogP contribution in [0.1, 0.15) is 31.0 Å². The molecule has 1 fully saturated rings. The van der Waals surface area contributed by atoms with Gasteiger partial charge in [-0.25, -0.2) is 4.98 Å². The topological polar surface area (TPSA) is 61.6 Å². The fourth-order valence-electron chi connectivity index (χ4n) is 2.94. The molecule has 2 rings (SSSR count). The van der Waals surface area contributed by atoms with Crippen molar-refractivity contribution < 1.29 is 9.90 Å². The highest BCUT2D eigenvalue weighted by molar-refractivity contribution is 5.77. The number of amides is 1. The largest absolute Gasteiger partial charge is 0.387 e. The van der Waals surface area contributed by atoms with Crippen LogP contribution in [-0.4, -0.2) is 70.7 Å². The predicted molar refractivity (Wildman–Crippen MR) is 81.0 cm³/mol. The van der Waals surface area contributed by atoms with Gasteiger partial charge in [-0.1, -0.05) is 0 Å². The van der Waals surface area contributed by atoms with Gasteiger partial charge < -0.3 is 19.5 Å². The van der Waals surface area contributed by atoms with E-state index in [4.69, 9.17) is 5.11 Å². The van der Waals surface area contributed by atoms with Crippen LogP contribution >= 0.6 is 0 Å². The first kappa shape index (κ1) is 16.0. The highest BCUT2D eigenvalue weighted by Crippen LogP contribution is 2.26. The van der Waals surface area contributed by atoms with Gasteiger partial charge in [0, 0.05) is 37.9 Å². The fraction of sp³-hybridized carbons (Fsp3) is 0.733. The van der Waals surface area contributed by atoms with Crippen LogP contribution in [0.15, 0.2) is 12.4 Å². The van der Waals surface area contributed by atoms with E-state index in [0.717, 1.165) is 44.7 Å². The van der Waals surface area contributed by atoms with Crippen molar-refractivity contribution in [3.05, 3.63) is 18.2 Å². The number of carbonyl (C=O) groups excluding carboxylic acids is 1. The lowest BCUT2D eigenvalue weighted by Gasteiger charge is -2.32. The van der Waals surface area contributed by atoms with Gasteiger partial charge in [-0.2, -0.15) is 0 Å². The summed E-state index contributed by atoms with van der Waals surface area (Å²) in [7, 11) is 4.16. The summed E-state index contributed by atoms with van der Waals surface area (Å²) in [6.45, 7) is 3.03. The average Bonchev–Trinajstić information content (AvgIpc) is 2.94. The van der Waals surface area contributed by atoms with Crippen LogP contribution in [0.25, 0.3) is 0 Å². The van der Waals surface area contributed by atoms with Crippen LogP contribution in [0.4, 0.5) is 0 Å². The molecule has 0 spiro atoms. The van der Waals surface area contributed by atoms with Crippen molar-refractivity contribution in [2.75, 3.05) is 40.3 Å². The van der Waals surface area contributed by atoms with Gasteiger partial charge in [0.25, 0.3) is 0 Å². The van der Waals surface area contributed by atoms with E-state index in [1.807, 2.05) is 12.4 Å². The standard InChI is InChI=1S/C15H26N4O2/c1-17(2)7-4-9-18-10-6-16-15(18)13-5-3-8-19(11-13)14(21)12-20/h6,10,13,20H,3-5,7-9,11-12H2,1-2H3. The Labute approximate surface area is 126 Å². The minimum atomic E-state index is -0.399. The monoisotopic (exact) mass is 294 g/mol. The van der Waals surface area contributed by atoms with Gasteiger partial charge in [0.15, 0.2) is 0 Å².